The maximum absolute atomic E-state index is 11.8. The molecule has 0 aliphatic heterocycles. The first-order chi connectivity index (χ1) is 9.91. The zero-order valence-electron chi connectivity index (χ0n) is 11.2. The van der Waals surface area contributed by atoms with Crippen LogP contribution in [-0.2, 0) is 9.84 Å². The van der Waals surface area contributed by atoms with Crippen molar-refractivity contribution in [1.82, 2.24) is 4.98 Å². The highest BCUT2D eigenvalue weighted by molar-refractivity contribution is 7.90. The second-order valence-corrected chi connectivity index (χ2v) is 6.15. The zero-order chi connectivity index (χ0) is 15.5. The Balaban J connectivity index is 2.51. The monoisotopic (exact) mass is 304 g/mol. The molecule has 108 valence electrons. The highest BCUT2D eigenvalue weighted by Crippen LogP contribution is 2.29. The number of hydrogen-bond acceptors (Lipinski definition) is 5. The van der Waals surface area contributed by atoms with Gasteiger partial charge >= 0.3 is 0 Å². The number of aliphatic imine (C=N–C) groups is 1. The van der Waals surface area contributed by atoms with Gasteiger partial charge in [0.05, 0.1) is 0 Å². The van der Waals surface area contributed by atoms with E-state index in [0.717, 1.165) is 6.26 Å². The van der Waals surface area contributed by atoms with Crippen LogP contribution in [0.25, 0.3) is 0 Å². The Morgan fingerprint density at radius 3 is 2.62 bits per heavy atom. The average Bonchev–Trinajstić information content (AvgIpc) is 2.47. The number of hydrogen-bond donors (Lipinski definition) is 0. The van der Waals surface area contributed by atoms with Crippen molar-refractivity contribution in [3.8, 4) is 11.6 Å². The third-order valence-corrected chi connectivity index (χ3v) is 3.70. The Hall–Kier alpha value is -2.54. The number of ether oxygens (including phenoxy) is 1. The van der Waals surface area contributed by atoms with Crippen LogP contribution in [-0.4, -0.2) is 32.3 Å². The van der Waals surface area contributed by atoms with Gasteiger partial charge in [-0.3, -0.25) is 4.79 Å². The fourth-order valence-corrected chi connectivity index (χ4v) is 2.44. The van der Waals surface area contributed by atoms with E-state index in [9.17, 15) is 13.2 Å². The van der Waals surface area contributed by atoms with Crippen molar-refractivity contribution in [2.24, 2.45) is 4.99 Å². The van der Waals surface area contributed by atoms with E-state index >= 15 is 0 Å². The highest BCUT2D eigenvalue weighted by Gasteiger charge is 2.18. The van der Waals surface area contributed by atoms with Crippen LogP contribution in [0.3, 0.4) is 0 Å². The molecular formula is C14H12N2O4S. The van der Waals surface area contributed by atoms with E-state index in [1.807, 2.05) is 0 Å². The van der Waals surface area contributed by atoms with Gasteiger partial charge < -0.3 is 4.74 Å². The van der Waals surface area contributed by atoms with Gasteiger partial charge in [0, 0.05) is 24.1 Å². The van der Waals surface area contributed by atoms with Gasteiger partial charge in [0.2, 0.25) is 5.88 Å². The molecule has 0 saturated carbocycles. The number of amides is 1. The smallest absolute Gasteiger partial charge is 0.276 e. The lowest BCUT2D eigenvalue weighted by molar-refractivity contribution is 0.100. The fraction of sp³-hybridized carbons (Fsp3) is 0.0714. The number of carbonyl (C=O) groups is 1. The standard InChI is InChI=1S/C14H12N2O4S/c1-15-14(17)10-6-7-11(12(9-10)21(2,18)19)20-13-5-3-4-8-16-13/h3-9H,1H2,2H3. The van der Waals surface area contributed by atoms with E-state index < -0.39 is 15.7 Å². The SMILES string of the molecule is C=NC(=O)c1ccc(Oc2ccccn2)c(S(C)(=O)=O)c1. The van der Waals surface area contributed by atoms with E-state index in [-0.39, 0.29) is 22.1 Å². The van der Waals surface area contributed by atoms with Crippen LogP contribution in [0.15, 0.2) is 52.5 Å². The molecule has 0 atom stereocenters. The topological polar surface area (TPSA) is 85.7 Å². The summed E-state index contributed by atoms with van der Waals surface area (Å²) in [6, 6.07) is 9.04. The van der Waals surface area contributed by atoms with Crippen LogP contribution in [0.1, 0.15) is 10.4 Å². The predicted molar refractivity (Wildman–Crippen MR) is 77.7 cm³/mol. The molecule has 2 rings (SSSR count). The van der Waals surface area contributed by atoms with Crippen molar-refractivity contribution >= 4 is 22.5 Å². The Morgan fingerprint density at radius 1 is 1.29 bits per heavy atom. The van der Waals surface area contributed by atoms with Gasteiger partial charge in [-0.15, -0.1) is 0 Å². The number of benzene rings is 1. The molecule has 0 spiro atoms. The Morgan fingerprint density at radius 2 is 2.05 bits per heavy atom. The summed E-state index contributed by atoms with van der Waals surface area (Å²) in [6.07, 6.45) is 2.55. The van der Waals surface area contributed by atoms with Crippen molar-refractivity contribution in [2.75, 3.05) is 6.26 Å². The lowest BCUT2D eigenvalue weighted by atomic mass is 10.2. The third-order valence-electron chi connectivity index (χ3n) is 2.59. The van der Waals surface area contributed by atoms with Crippen LogP contribution < -0.4 is 4.74 Å². The molecule has 0 radical (unpaired) electrons. The Bertz CT molecular complexity index is 786. The van der Waals surface area contributed by atoms with Crippen LogP contribution in [0.5, 0.6) is 11.6 Å². The number of pyridine rings is 1. The highest BCUT2D eigenvalue weighted by atomic mass is 32.2. The van der Waals surface area contributed by atoms with Crippen LogP contribution in [0.2, 0.25) is 0 Å². The summed E-state index contributed by atoms with van der Waals surface area (Å²) in [5, 5.41) is 0. The quantitative estimate of drug-likeness (QED) is 0.808. The van der Waals surface area contributed by atoms with Crippen LogP contribution >= 0.6 is 0 Å². The second kappa shape index (κ2) is 5.84. The Kier molecular flexibility index (Phi) is 4.13. The summed E-state index contributed by atoms with van der Waals surface area (Å²) in [4.78, 5) is 18.6. The Labute approximate surface area is 122 Å². The molecule has 0 aliphatic rings. The molecule has 0 fully saturated rings. The van der Waals surface area contributed by atoms with Gasteiger partial charge in [0.25, 0.3) is 5.91 Å². The second-order valence-electron chi connectivity index (χ2n) is 4.17. The van der Waals surface area contributed by atoms with E-state index in [4.69, 9.17) is 4.74 Å². The first-order valence-electron chi connectivity index (χ1n) is 5.86. The molecule has 1 aromatic heterocycles. The maximum atomic E-state index is 11.8. The number of aromatic nitrogens is 1. The molecule has 7 heteroatoms. The van der Waals surface area contributed by atoms with E-state index in [2.05, 4.69) is 16.7 Å². The van der Waals surface area contributed by atoms with E-state index in [0.29, 0.717) is 0 Å². The summed E-state index contributed by atoms with van der Waals surface area (Å²) >= 11 is 0. The van der Waals surface area contributed by atoms with Gasteiger partial charge in [0.15, 0.2) is 9.84 Å². The van der Waals surface area contributed by atoms with Crippen molar-refractivity contribution in [3.63, 3.8) is 0 Å². The van der Waals surface area contributed by atoms with Crippen LogP contribution in [0, 0.1) is 0 Å². The minimum Gasteiger partial charge on any atom is -0.438 e. The number of sulfone groups is 1. The molecule has 21 heavy (non-hydrogen) atoms. The summed E-state index contributed by atoms with van der Waals surface area (Å²) in [5.74, 6) is -0.260. The van der Waals surface area contributed by atoms with Crippen molar-refractivity contribution in [1.29, 1.82) is 0 Å². The van der Waals surface area contributed by atoms with Crippen LogP contribution in [0.4, 0.5) is 0 Å². The number of carbonyl (C=O) groups excluding carboxylic acids is 1. The summed E-state index contributed by atoms with van der Waals surface area (Å²) in [7, 11) is -3.58. The lowest BCUT2D eigenvalue weighted by Gasteiger charge is -2.10. The summed E-state index contributed by atoms with van der Waals surface area (Å²) in [6.45, 7) is 3.13. The molecule has 1 heterocycles. The minimum atomic E-state index is -3.58. The molecular weight excluding hydrogens is 292 g/mol. The molecule has 0 N–H and O–H groups in total. The van der Waals surface area contributed by atoms with Gasteiger partial charge in [0.1, 0.15) is 10.6 Å². The van der Waals surface area contributed by atoms with Crippen molar-refractivity contribution < 1.29 is 17.9 Å². The van der Waals surface area contributed by atoms with Gasteiger partial charge in [-0.05, 0) is 31.0 Å². The molecule has 2 aromatic rings. The predicted octanol–water partition coefficient (Wildman–Crippen LogP) is 2.12. The first-order valence-corrected chi connectivity index (χ1v) is 7.75. The molecule has 0 aliphatic carbocycles. The summed E-state index contributed by atoms with van der Waals surface area (Å²) < 4.78 is 29.2. The lowest BCUT2D eigenvalue weighted by Crippen LogP contribution is -2.04. The third kappa shape index (κ3) is 3.51. The molecule has 6 nitrogen and oxygen atoms in total. The van der Waals surface area contributed by atoms with E-state index in [1.165, 1.54) is 24.4 Å². The van der Waals surface area contributed by atoms with Gasteiger partial charge in [-0.2, -0.15) is 0 Å². The average molecular weight is 304 g/mol. The maximum Gasteiger partial charge on any atom is 0.276 e. The molecule has 0 saturated heterocycles. The molecule has 0 bridgehead atoms. The van der Waals surface area contributed by atoms with Crippen molar-refractivity contribution in [2.45, 2.75) is 4.90 Å². The minimum absolute atomic E-state index is 0.0943. The number of nitrogens with zero attached hydrogens (tertiary/aromatic N) is 2. The first kappa shape index (κ1) is 14.9. The van der Waals surface area contributed by atoms with Gasteiger partial charge in [-0.1, -0.05) is 6.07 Å². The zero-order valence-corrected chi connectivity index (χ0v) is 12.0. The molecule has 0 unspecified atom stereocenters. The fourth-order valence-electron chi connectivity index (χ4n) is 1.63. The number of rotatable bonds is 4. The normalized spacial score (nSPS) is 10.9. The van der Waals surface area contributed by atoms with E-state index in [1.54, 1.807) is 18.2 Å². The molecule has 1 aromatic carbocycles. The van der Waals surface area contributed by atoms with Crippen molar-refractivity contribution in [3.05, 3.63) is 48.2 Å². The largest absolute Gasteiger partial charge is 0.438 e. The van der Waals surface area contributed by atoms with Gasteiger partial charge in [-0.25, -0.2) is 18.4 Å². The molecule has 1 amide bonds. The summed E-state index contributed by atoms with van der Waals surface area (Å²) in [5.41, 5.74) is 0.124.